The topological polar surface area (TPSA) is 24.9 Å². The first-order chi connectivity index (χ1) is 9.74. The highest BCUT2D eigenvalue weighted by atomic mass is 32.1. The van der Waals surface area contributed by atoms with E-state index in [1.165, 1.54) is 9.75 Å². The largest absolute Gasteiger partial charge is 0.296 e. The fourth-order valence-corrected chi connectivity index (χ4v) is 4.60. The Labute approximate surface area is 131 Å². The minimum atomic E-state index is 0.253. The first-order valence-electron chi connectivity index (χ1n) is 6.49. The molecule has 0 aliphatic rings. The minimum absolute atomic E-state index is 0.253. The van der Waals surface area contributed by atoms with Crippen LogP contribution in [0.15, 0.2) is 40.4 Å². The van der Waals surface area contributed by atoms with Crippen molar-refractivity contribution in [3.63, 3.8) is 0 Å². The highest BCUT2D eigenvalue weighted by Crippen LogP contribution is 2.32. The summed E-state index contributed by atoms with van der Waals surface area (Å²) >= 11 is 5.32. The molecule has 3 rings (SSSR count). The maximum atomic E-state index is 4.59. The van der Waals surface area contributed by atoms with Crippen molar-refractivity contribution < 1.29 is 0 Å². The summed E-state index contributed by atoms with van der Waals surface area (Å²) in [7, 11) is 0. The van der Waals surface area contributed by atoms with Gasteiger partial charge in [0.1, 0.15) is 5.01 Å². The smallest absolute Gasteiger partial charge is 0.110 e. The highest BCUT2D eigenvalue weighted by Gasteiger charge is 2.20. The molecule has 3 heterocycles. The van der Waals surface area contributed by atoms with Gasteiger partial charge in [-0.3, -0.25) is 5.32 Å². The van der Waals surface area contributed by atoms with Crippen LogP contribution in [0.3, 0.4) is 0 Å². The van der Waals surface area contributed by atoms with E-state index in [0.717, 1.165) is 10.7 Å². The van der Waals surface area contributed by atoms with E-state index >= 15 is 0 Å². The van der Waals surface area contributed by atoms with Crippen molar-refractivity contribution in [2.45, 2.75) is 25.9 Å². The Balaban J connectivity index is 1.84. The monoisotopic (exact) mass is 320 g/mol. The summed E-state index contributed by atoms with van der Waals surface area (Å²) in [6, 6.07) is 9.13. The number of thiophene rings is 2. The molecular formula is C15H16N2S3. The molecular weight excluding hydrogens is 304 g/mol. The van der Waals surface area contributed by atoms with Crippen LogP contribution in [0.2, 0.25) is 0 Å². The molecule has 3 aromatic rings. The zero-order valence-electron chi connectivity index (χ0n) is 11.4. The third kappa shape index (κ3) is 3.01. The van der Waals surface area contributed by atoms with Gasteiger partial charge in [0.05, 0.1) is 12.1 Å². The molecule has 0 aliphatic heterocycles. The summed E-state index contributed by atoms with van der Waals surface area (Å²) in [5.74, 6) is 0. The molecule has 2 nitrogen and oxygen atoms in total. The third-order valence-corrected chi connectivity index (χ3v) is 6.10. The molecule has 1 atom stereocenters. The van der Waals surface area contributed by atoms with Crippen LogP contribution in [-0.4, -0.2) is 4.98 Å². The van der Waals surface area contributed by atoms with Gasteiger partial charge in [-0.05, 0) is 36.7 Å². The quantitative estimate of drug-likeness (QED) is 0.714. The number of rotatable bonds is 5. The second-order valence-electron chi connectivity index (χ2n) is 4.68. The molecule has 104 valence electrons. The Bertz CT molecular complexity index is 606. The predicted octanol–water partition coefficient (Wildman–Crippen LogP) is 5.01. The van der Waals surface area contributed by atoms with Crippen LogP contribution in [0.1, 0.15) is 39.5 Å². The Morgan fingerprint density at radius 2 is 1.70 bits per heavy atom. The Morgan fingerprint density at radius 3 is 2.15 bits per heavy atom. The van der Waals surface area contributed by atoms with Gasteiger partial charge >= 0.3 is 0 Å². The first-order valence-corrected chi connectivity index (χ1v) is 9.13. The van der Waals surface area contributed by atoms with Crippen molar-refractivity contribution in [2.75, 3.05) is 0 Å². The second-order valence-corrected chi connectivity index (χ2v) is 7.53. The van der Waals surface area contributed by atoms with Crippen molar-refractivity contribution in [2.24, 2.45) is 0 Å². The standard InChI is InChI=1S/C15H16N2S3/c1-10-9-20-15(16-10)11(2)17-14(12-5-3-7-18-12)13-6-4-8-19-13/h3-9,11,14,17H,1-2H3. The van der Waals surface area contributed by atoms with E-state index in [2.05, 4.69) is 57.6 Å². The molecule has 0 saturated carbocycles. The van der Waals surface area contributed by atoms with E-state index in [-0.39, 0.29) is 12.1 Å². The SMILES string of the molecule is Cc1csc(C(C)NC(c2cccs2)c2cccs2)n1. The van der Waals surface area contributed by atoms with Gasteiger partial charge in [-0.25, -0.2) is 4.98 Å². The molecule has 20 heavy (non-hydrogen) atoms. The molecule has 1 unspecified atom stereocenters. The fraction of sp³-hybridized carbons (Fsp3) is 0.267. The van der Waals surface area contributed by atoms with Crippen LogP contribution in [-0.2, 0) is 0 Å². The summed E-state index contributed by atoms with van der Waals surface area (Å²) in [4.78, 5) is 7.30. The Morgan fingerprint density at radius 1 is 1.05 bits per heavy atom. The van der Waals surface area contributed by atoms with Crippen LogP contribution in [0, 0.1) is 6.92 Å². The molecule has 0 amide bonds. The number of aryl methyl sites for hydroxylation is 1. The first kappa shape index (κ1) is 13.9. The lowest BCUT2D eigenvalue weighted by Gasteiger charge is -2.20. The number of aromatic nitrogens is 1. The fourth-order valence-electron chi connectivity index (χ4n) is 2.11. The summed E-state index contributed by atoms with van der Waals surface area (Å²) in [5.41, 5.74) is 1.10. The van der Waals surface area contributed by atoms with Crippen LogP contribution < -0.4 is 5.32 Å². The van der Waals surface area contributed by atoms with E-state index in [9.17, 15) is 0 Å². The van der Waals surface area contributed by atoms with Gasteiger partial charge in [0, 0.05) is 20.8 Å². The van der Waals surface area contributed by atoms with E-state index < -0.39 is 0 Å². The molecule has 0 saturated heterocycles. The Hall–Kier alpha value is -1.01. The van der Waals surface area contributed by atoms with Gasteiger partial charge in [0.2, 0.25) is 0 Å². The molecule has 5 heteroatoms. The minimum Gasteiger partial charge on any atom is -0.296 e. The summed E-state index contributed by atoms with van der Waals surface area (Å²) in [6.45, 7) is 4.23. The van der Waals surface area contributed by atoms with Crippen LogP contribution in [0.4, 0.5) is 0 Å². The molecule has 3 aromatic heterocycles. The number of hydrogen-bond acceptors (Lipinski definition) is 5. The van der Waals surface area contributed by atoms with Crippen molar-refractivity contribution in [3.8, 4) is 0 Å². The third-order valence-electron chi connectivity index (χ3n) is 3.08. The molecule has 0 aliphatic carbocycles. The van der Waals surface area contributed by atoms with Crippen molar-refractivity contribution in [1.29, 1.82) is 0 Å². The van der Waals surface area contributed by atoms with Crippen molar-refractivity contribution in [1.82, 2.24) is 10.3 Å². The molecule has 0 fully saturated rings. The van der Waals surface area contributed by atoms with E-state index in [1.807, 2.05) is 6.92 Å². The van der Waals surface area contributed by atoms with Crippen molar-refractivity contribution >= 4 is 34.0 Å². The summed E-state index contributed by atoms with van der Waals surface area (Å²) < 4.78 is 0. The Kier molecular flexibility index (Phi) is 4.31. The van der Waals surface area contributed by atoms with Gasteiger partial charge < -0.3 is 0 Å². The summed E-state index contributed by atoms with van der Waals surface area (Å²) in [6.07, 6.45) is 0. The molecule has 0 aromatic carbocycles. The summed E-state index contributed by atoms with van der Waals surface area (Å²) in [5, 5.41) is 11.3. The molecule has 0 radical (unpaired) electrons. The molecule has 1 N–H and O–H groups in total. The van der Waals surface area contributed by atoms with Crippen LogP contribution in [0.5, 0.6) is 0 Å². The molecule has 0 spiro atoms. The average molecular weight is 321 g/mol. The van der Waals surface area contributed by atoms with Gasteiger partial charge in [0.25, 0.3) is 0 Å². The maximum absolute atomic E-state index is 4.59. The zero-order chi connectivity index (χ0) is 13.9. The van der Waals surface area contributed by atoms with Crippen molar-refractivity contribution in [3.05, 3.63) is 60.9 Å². The molecule has 0 bridgehead atoms. The van der Waals surface area contributed by atoms with Crippen LogP contribution in [0.25, 0.3) is 0 Å². The van der Waals surface area contributed by atoms with E-state index in [4.69, 9.17) is 0 Å². The number of nitrogens with one attached hydrogen (secondary N) is 1. The highest BCUT2D eigenvalue weighted by molar-refractivity contribution is 7.11. The van der Waals surface area contributed by atoms with Gasteiger partial charge in [-0.15, -0.1) is 34.0 Å². The lowest BCUT2D eigenvalue weighted by Crippen LogP contribution is -2.24. The number of nitrogens with zero attached hydrogens (tertiary/aromatic N) is 1. The van der Waals surface area contributed by atoms with E-state index in [0.29, 0.717) is 0 Å². The number of hydrogen-bond donors (Lipinski definition) is 1. The number of thiazole rings is 1. The normalized spacial score (nSPS) is 12.9. The lowest BCUT2D eigenvalue weighted by molar-refractivity contribution is 0.524. The van der Waals surface area contributed by atoms with E-state index in [1.54, 1.807) is 34.0 Å². The second kappa shape index (κ2) is 6.18. The van der Waals surface area contributed by atoms with Gasteiger partial charge in [-0.1, -0.05) is 12.1 Å². The maximum Gasteiger partial charge on any atom is 0.110 e. The lowest BCUT2D eigenvalue weighted by atomic mass is 10.1. The van der Waals surface area contributed by atoms with Gasteiger partial charge in [-0.2, -0.15) is 0 Å². The van der Waals surface area contributed by atoms with Gasteiger partial charge in [0.15, 0.2) is 0 Å². The average Bonchev–Trinajstić information content (AvgIpc) is 3.17. The predicted molar refractivity (Wildman–Crippen MR) is 88.9 cm³/mol. The van der Waals surface area contributed by atoms with Crippen LogP contribution >= 0.6 is 34.0 Å². The zero-order valence-corrected chi connectivity index (χ0v) is 13.8.